The van der Waals surface area contributed by atoms with E-state index in [4.69, 9.17) is 0 Å². The molecule has 2 rings (SSSR count). The maximum absolute atomic E-state index is 2.16. The van der Waals surface area contributed by atoms with Crippen LogP contribution in [0.1, 0.15) is 5.56 Å². The highest BCUT2D eigenvalue weighted by Crippen LogP contribution is 2.31. The number of hydrogen-bond acceptors (Lipinski definition) is 2. The Balaban J connectivity index is 2.54. The molecule has 0 fully saturated rings. The van der Waals surface area contributed by atoms with Crippen LogP contribution in [0.15, 0.2) is 29.7 Å². The summed E-state index contributed by atoms with van der Waals surface area (Å²) in [5.41, 5.74) is 2.59. The SMILES string of the molecule is CN1SC=Cc2ccccc21. The van der Waals surface area contributed by atoms with Crippen LogP contribution in [0.2, 0.25) is 0 Å². The fourth-order valence-corrected chi connectivity index (χ4v) is 1.84. The molecule has 2 heteroatoms. The molecule has 0 N–H and O–H groups in total. The Morgan fingerprint density at radius 1 is 1.27 bits per heavy atom. The lowest BCUT2D eigenvalue weighted by molar-refractivity contribution is 1.35. The molecule has 1 nitrogen and oxygen atoms in total. The number of anilines is 1. The van der Waals surface area contributed by atoms with E-state index in [9.17, 15) is 0 Å². The molecule has 56 valence electrons. The highest BCUT2D eigenvalue weighted by Gasteiger charge is 2.07. The highest BCUT2D eigenvalue weighted by molar-refractivity contribution is 8.03. The fraction of sp³-hybridized carbons (Fsp3) is 0.111. The molecule has 1 heterocycles. The number of para-hydroxylation sites is 1. The quantitative estimate of drug-likeness (QED) is 0.541. The van der Waals surface area contributed by atoms with Crippen LogP contribution in [0.5, 0.6) is 0 Å². The summed E-state index contributed by atoms with van der Waals surface area (Å²) in [7, 11) is 2.08. The normalized spacial score (nSPS) is 14.8. The number of benzene rings is 1. The van der Waals surface area contributed by atoms with Crippen molar-refractivity contribution in [3.63, 3.8) is 0 Å². The zero-order valence-corrected chi connectivity index (χ0v) is 7.14. The zero-order chi connectivity index (χ0) is 7.68. The standard InChI is InChI=1S/C9H9NS/c1-10-9-5-3-2-4-8(9)6-7-11-10/h2-7H,1H3. The summed E-state index contributed by atoms with van der Waals surface area (Å²) < 4.78 is 2.16. The fourth-order valence-electron chi connectivity index (χ4n) is 1.17. The van der Waals surface area contributed by atoms with Gasteiger partial charge in [0.1, 0.15) is 0 Å². The van der Waals surface area contributed by atoms with Crippen LogP contribution in [0.25, 0.3) is 6.08 Å². The van der Waals surface area contributed by atoms with E-state index >= 15 is 0 Å². The Labute approximate surface area is 70.8 Å². The van der Waals surface area contributed by atoms with Gasteiger partial charge in [-0.1, -0.05) is 18.2 Å². The summed E-state index contributed by atoms with van der Waals surface area (Å²) in [5, 5.41) is 2.10. The monoisotopic (exact) mass is 163 g/mol. The van der Waals surface area contributed by atoms with Crippen molar-refractivity contribution in [3.05, 3.63) is 35.2 Å². The molecule has 0 radical (unpaired) electrons. The summed E-state index contributed by atoms with van der Waals surface area (Å²) in [5.74, 6) is 0. The van der Waals surface area contributed by atoms with Gasteiger partial charge in [0.25, 0.3) is 0 Å². The van der Waals surface area contributed by atoms with Crippen molar-refractivity contribution in [1.82, 2.24) is 0 Å². The van der Waals surface area contributed by atoms with Gasteiger partial charge in [0, 0.05) is 7.05 Å². The van der Waals surface area contributed by atoms with Gasteiger partial charge < -0.3 is 4.31 Å². The second-order valence-corrected chi connectivity index (χ2v) is 3.50. The third-order valence-corrected chi connectivity index (χ3v) is 2.51. The van der Waals surface area contributed by atoms with Crippen molar-refractivity contribution < 1.29 is 0 Å². The second kappa shape index (κ2) is 2.62. The van der Waals surface area contributed by atoms with E-state index in [-0.39, 0.29) is 0 Å². The molecule has 0 spiro atoms. The first-order chi connectivity index (χ1) is 5.38. The van der Waals surface area contributed by atoms with Crippen LogP contribution >= 0.6 is 11.9 Å². The molecular weight excluding hydrogens is 154 g/mol. The van der Waals surface area contributed by atoms with E-state index < -0.39 is 0 Å². The maximum Gasteiger partial charge on any atom is 0.0542 e. The lowest BCUT2D eigenvalue weighted by atomic mass is 10.2. The first-order valence-electron chi connectivity index (χ1n) is 3.54. The molecule has 11 heavy (non-hydrogen) atoms. The van der Waals surface area contributed by atoms with Gasteiger partial charge in [-0.15, -0.1) is 0 Å². The van der Waals surface area contributed by atoms with E-state index in [1.165, 1.54) is 11.3 Å². The lowest BCUT2D eigenvalue weighted by Gasteiger charge is -2.21. The molecule has 0 bridgehead atoms. The van der Waals surface area contributed by atoms with Crippen LogP contribution in [0.3, 0.4) is 0 Å². The Kier molecular flexibility index (Phi) is 1.62. The average molecular weight is 163 g/mol. The molecule has 0 aromatic heterocycles. The van der Waals surface area contributed by atoms with Crippen LogP contribution in [-0.2, 0) is 0 Å². The van der Waals surface area contributed by atoms with Gasteiger partial charge in [0.2, 0.25) is 0 Å². The van der Waals surface area contributed by atoms with Crippen LogP contribution in [0.4, 0.5) is 5.69 Å². The molecule has 0 unspecified atom stereocenters. The summed E-state index contributed by atoms with van der Waals surface area (Å²) >= 11 is 1.71. The Morgan fingerprint density at radius 3 is 2.91 bits per heavy atom. The number of fused-ring (bicyclic) bond motifs is 1. The summed E-state index contributed by atoms with van der Waals surface area (Å²) in [6, 6.07) is 8.38. The lowest BCUT2D eigenvalue weighted by Crippen LogP contribution is -2.08. The minimum atomic E-state index is 1.29. The average Bonchev–Trinajstić information content (AvgIpc) is 2.06. The third-order valence-electron chi connectivity index (χ3n) is 1.74. The second-order valence-electron chi connectivity index (χ2n) is 2.46. The molecule has 1 aromatic rings. The molecular formula is C9H9NS. The summed E-state index contributed by atoms with van der Waals surface area (Å²) in [6.45, 7) is 0. The highest BCUT2D eigenvalue weighted by atomic mass is 32.2. The van der Waals surface area contributed by atoms with Gasteiger partial charge in [-0.25, -0.2) is 0 Å². The van der Waals surface area contributed by atoms with E-state index in [1.54, 1.807) is 11.9 Å². The van der Waals surface area contributed by atoms with Gasteiger partial charge in [0.15, 0.2) is 0 Å². The molecule has 1 aliphatic heterocycles. The van der Waals surface area contributed by atoms with E-state index in [1.807, 2.05) is 0 Å². The molecule has 1 aliphatic rings. The Bertz CT molecular complexity index is 293. The molecule has 0 aliphatic carbocycles. The van der Waals surface area contributed by atoms with Gasteiger partial charge in [-0.2, -0.15) is 0 Å². The number of rotatable bonds is 0. The minimum absolute atomic E-state index is 1.29. The van der Waals surface area contributed by atoms with Crippen LogP contribution in [-0.4, -0.2) is 7.05 Å². The van der Waals surface area contributed by atoms with E-state index in [2.05, 4.69) is 47.1 Å². The first-order valence-corrected chi connectivity index (χ1v) is 4.38. The zero-order valence-electron chi connectivity index (χ0n) is 6.32. The van der Waals surface area contributed by atoms with Crippen LogP contribution < -0.4 is 4.31 Å². The predicted octanol–water partition coefficient (Wildman–Crippen LogP) is 2.76. The summed E-state index contributed by atoms with van der Waals surface area (Å²) in [4.78, 5) is 0. The smallest absolute Gasteiger partial charge is 0.0542 e. The van der Waals surface area contributed by atoms with E-state index in [0.29, 0.717) is 0 Å². The minimum Gasteiger partial charge on any atom is -0.315 e. The largest absolute Gasteiger partial charge is 0.315 e. The molecule has 0 saturated carbocycles. The van der Waals surface area contributed by atoms with Gasteiger partial charge in [0.05, 0.1) is 5.69 Å². The van der Waals surface area contributed by atoms with Gasteiger partial charge >= 0.3 is 0 Å². The molecule has 0 atom stereocenters. The predicted molar refractivity (Wildman–Crippen MR) is 51.5 cm³/mol. The van der Waals surface area contributed by atoms with Crippen LogP contribution in [0, 0.1) is 0 Å². The molecule has 1 aromatic carbocycles. The molecule has 0 saturated heterocycles. The van der Waals surface area contributed by atoms with Crippen molar-refractivity contribution in [2.75, 3.05) is 11.4 Å². The van der Waals surface area contributed by atoms with E-state index in [0.717, 1.165) is 0 Å². The molecule has 0 amide bonds. The van der Waals surface area contributed by atoms with Crippen molar-refractivity contribution in [3.8, 4) is 0 Å². The topological polar surface area (TPSA) is 3.24 Å². The first kappa shape index (κ1) is 6.80. The van der Waals surface area contributed by atoms with Gasteiger partial charge in [-0.3, -0.25) is 0 Å². The number of hydrogen-bond donors (Lipinski definition) is 0. The van der Waals surface area contributed by atoms with Gasteiger partial charge in [-0.05, 0) is 35.1 Å². The Morgan fingerprint density at radius 2 is 2.09 bits per heavy atom. The van der Waals surface area contributed by atoms with Crippen molar-refractivity contribution in [2.24, 2.45) is 0 Å². The maximum atomic E-state index is 2.16. The van der Waals surface area contributed by atoms with Crippen molar-refractivity contribution in [1.29, 1.82) is 0 Å². The third kappa shape index (κ3) is 1.14. The van der Waals surface area contributed by atoms with Crippen molar-refractivity contribution >= 4 is 23.7 Å². The Hall–Kier alpha value is -0.890. The van der Waals surface area contributed by atoms with Crippen molar-refractivity contribution in [2.45, 2.75) is 0 Å². The summed E-state index contributed by atoms with van der Waals surface area (Å²) in [6.07, 6.45) is 2.14. The number of nitrogens with zero attached hydrogens (tertiary/aromatic N) is 1.